The van der Waals surface area contributed by atoms with Gasteiger partial charge in [-0.15, -0.1) is 10.2 Å². The Kier molecular flexibility index (Phi) is 5.93. The lowest BCUT2D eigenvalue weighted by Crippen LogP contribution is -2.35. The average molecular weight is 352 g/mol. The molecule has 1 heterocycles. The van der Waals surface area contributed by atoms with Crippen molar-refractivity contribution >= 4 is 23.2 Å². The first-order valence-corrected chi connectivity index (χ1v) is 7.96. The van der Waals surface area contributed by atoms with Crippen LogP contribution >= 0.6 is 11.3 Å². The van der Waals surface area contributed by atoms with Gasteiger partial charge in [-0.25, -0.2) is 4.39 Å². The summed E-state index contributed by atoms with van der Waals surface area (Å²) in [4.78, 5) is 24.6. The number of carbonyl (C=O) groups excluding carboxylic acids is 1. The number of aromatic nitrogens is 2. The van der Waals surface area contributed by atoms with Gasteiger partial charge < -0.3 is 10.4 Å². The van der Waals surface area contributed by atoms with Gasteiger partial charge in [-0.2, -0.15) is 0 Å². The molecular weight excluding hydrogens is 335 g/mol. The molecule has 0 aliphatic carbocycles. The van der Waals surface area contributed by atoms with E-state index < -0.39 is 12.0 Å². The molecule has 0 saturated carbocycles. The summed E-state index contributed by atoms with van der Waals surface area (Å²) >= 11 is 1.11. The smallest absolute Gasteiger partial charge is 0.320 e. The van der Waals surface area contributed by atoms with E-state index in [0.29, 0.717) is 5.01 Å². The Morgan fingerprint density at radius 3 is 2.62 bits per heavy atom. The zero-order chi connectivity index (χ0) is 17.7. The maximum Gasteiger partial charge on any atom is 0.320 e. The monoisotopic (exact) mass is 352 g/mol. The molecule has 1 unspecified atom stereocenters. The molecule has 0 radical (unpaired) electrons. The molecule has 0 aliphatic rings. The maximum atomic E-state index is 12.8. The molecule has 1 amide bonds. The molecule has 2 aromatic rings. The number of benzene rings is 1. The van der Waals surface area contributed by atoms with Crippen LogP contribution in [0.3, 0.4) is 0 Å². The number of carbonyl (C=O) groups is 2. The lowest BCUT2D eigenvalue weighted by atomic mass is 10.2. The molecule has 1 aromatic carbocycles. The minimum atomic E-state index is -0.931. The fraction of sp³-hybridized carbons (Fsp3) is 0.333. The van der Waals surface area contributed by atoms with E-state index >= 15 is 0 Å². The highest BCUT2D eigenvalue weighted by Gasteiger charge is 2.19. The van der Waals surface area contributed by atoms with E-state index in [1.807, 2.05) is 0 Å². The predicted octanol–water partition coefficient (Wildman–Crippen LogP) is 1.51. The molecule has 0 saturated heterocycles. The van der Waals surface area contributed by atoms with Crippen LogP contribution in [0.5, 0.6) is 0 Å². The summed E-state index contributed by atoms with van der Waals surface area (Å²) in [5.41, 5.74) is 0.768. The van der Waals surface area contributed by atoms with Crippen LogP contribution in [0.25, 0.3) is 0 Å². The molecule has 0 aliphatic heterocycles. The van der Waals surface area contributed by atoms with Crippen LogP contribution in [0.1, 0.15) is 27.3 Å². The Morgan fingerprint density at radius 1 is 1.33 bits per heavy atom. The molecule has 1 aromatic heterocycles. The summed E-state index contributed by atoms with van der Waals surface area (Å²) in [5, 5.41) is 20.1. The number of hydrogen-bond acceptors (Lipinski definition) is 6. The number of likely N-dealkylation sites (N-methyl/N-ethyl adjacent to an activating group) is 1. The number of rotatable bonds is 7. The van der Waals surface area contributed by atoms with Gasteiger partial charge in [0.05, 0.1) is 6.54 Å². The van der Waals surface area contributed by atoms with E-state index in [1.165, 1.54) is 12.1 Å². The predicted molar refractivity (Wildman–Crippen MR) is 86.0 cm³/mol. The van der Waals surface area contributed by atoms with Crippen molar-refractivity contribution in [2.24, 2.45) is 0 Å². The van der Waals surface area contributed by atoms with E-state index in [9.17, 15) is 14.0 Å². The van der Waals surface area contributed by atoms with Crippen molar-refractivity contribution in [2.75, 3.05) is 7.05 Å². The average Bonchev–Trinajstić information content (AvgIpc) is 3.01. The molecule has 0 spiro atoms. The lowest BCUT2D eigenvalue weighted by molar-refractivity contribution is -0.142. The highest BCUT2D eigenvalue weighted by Crippen LogP contribution is 2.13. The number of aliphatic carboxylic acids is 1. The molecule has 24 heavy (non-hydrogen) atoms. The summed E-state index contributed by atoms with van der Waals surface area (Å²) in [5.74, 6) is -1.64. The summed E-state index contributed by atoms with van der Waals surface area (Å²) < 4.78 is 12.8. The Bertz CT molecular complexity index is 720. The van der Waals surface area contributed by atoms with Gasteiger partial charge in [0.15, 0.2) is 0 Å². The van der Waals surface area contributed by atoms with Gasteiger partial charge >= 0.3 is 5.97 Å². The fourth-order valence-electron chi connectivity index (χ4n) is 1.81. The van der Waals surface area contributed by atoms with Crippen LogP contribution in [0, 0.1) is 5.82 Å². The second kappa shape index (κ2) is 7.93. The van der Waals surface area contributed by atoms with Crippen molar-refractivity contribution in [1.82, 2.24) is 20.4 Å². The number of carboxylic acids is 1. The minimum absolute atomic E-state index is 0.198. The van der Waals surface area contributed by atoms with Crippen LogP contribution < -0.4 is 5.32 Å². The molecule has 7 nitrogen and oxygen atoms in total. The van der Waals surface area contributed by atoms with E-state index in [0.717, 1.165) is 16.9 Å². The van der Waals surface area contributed by atoms with E-state index in [4.69, 9.17) is 5.11 Å². The zero-order valence-electron chi connectivity index (χ0n) is 13.2. The van der Waals surface area contributed by atoms with E-state index in [2.05, 4.69) is 15.5 Å². The van der Waals surface area contributed by atoms with Crippen molar-refractivity contribution in [1.29, 1.82) is 0 Å². The quantitative estimate of drug-likeness (QED) is 0.784. The first-order valence-electron chi connectivity index (χ1n) is 7.15. The summed E-state index contributed by atoms with van der Waals surface area (Å²) in [6, 6.07) is 5.16. The normalized spacial score (nSPS) is 12.2. The second-order valence-electron chi connectivity index (χ2n) is 5.24. The van der Waals surface area contributed by atoms with Crippen molar-refractivity contribution in [2.45, 2.75) is 26.1 Å². The third-order valence-corrected chi connectivity index (χ3v) is 4.34. The van der Waals surface area contributed by atoms with Gasteiger partial charge in [-0.1, -0.05) is 23.5 Å². The van der Waals surface area contributed by atoms with Gasteiger partial charge in [0.2, 0.25) is 5.01 Å². The number of amides is 1. The summed E-state index contributed by atoms with van der Waals surface area (Å²) in [7, 11) is 1.66. The molecule has 1 atom stereocenters. The van der Waals surface area contributed by atoms with Crippen molar-refractivity contribution in [3.63, 3.8) is 0 Å². The Labute approximate surface area is 142 Å². The maximum absolute atomic E-state index is 12.8. The fourth-order valence-corrected chi connectivity index (χ4v) is 2.63. The largest absolute Gasteiger partial charge is 0.480 e. The molecule has 9 heteroatoms. The van der Waals surface area contributed by atoms with Crippen LogP contribution in [0.2, 0.25) is 0 Å². The topological polar surface area (TPSA) is 95.4 Å². The van der Waals surface area contributed by atoms with Gasteiger partial charge in [0.25, 0.3) is 5.91 Å². The Morgan fingerprint density at radius 2 is 2.00 bits per heavy atom. The molecule has 0 bridgehead atoms. The van der Waals surface area contributed by atoms with Crippen LogP contribution in [0.4, 0.5) is 4.39 Å². The number of halogens is 1. The van der Waals surface area contributed by atoms with Gasteiger partial charge in [0.1, 0.15) is 16.9 Å². The Balaban J connectivity index is 1.91. The standard InChI is InChI=1S/C15H17FN4O3S/c1-9(15(22)23)20(2)8-12-18-19-14(24-12)13(21)17-7-10-3-5-11(16)6-4-10/h3-6,9H,7-8H2,1-2H3,(H,17,21)(H,22,23). The van der Waals surface area contributed by atoms with Gasteiger partial charge in [0, 0.05) is 6.54 Å². The summed E-state index contributed by atoms with van der Waals surface area (Å²) in [6.07, 6.45) is 0. The lowest BCUT2D eigenvalue weighted by Gasteiger charge is -2.18. The first-order chi connectivity index (χ1) is 11.4. The first kappa shape index (κ1) is 18.0. The number of carboxylic acid groups (broad SMARTS) is 1. The summed E-state index contributed by atoms with van der Waals surface area (Å²) in [6.45, 7) is 2.11. The Hall–Kier alpha value is -2.39. The highest BCUT2D eigenvalue weighted by molar-refractivity contribution is 7.13. The highest BCUT2D eigenvalue weighted by atomic mass is 32.1. The van der Waals surface area contributed by atoms with E-state index in [-0.39, 0.29) is 29.8 Å². The van der Waals surface area contributed by atoms with Crippen molar-refractivity contribution < 1.29 is 19.1 Å². The second-order valence-corrected chi connectivity index (χ2v) is 6.30. The molecular formula is C15H17FN4O3S. The third kappa shape index (κ3) is 4.80. The zero-order valence-corrected chi connectivity index (χ0v) is 14.0. The molecule has 2 rings (SSSR count). The van der Waals surface area contributed by atoms with Crippen molar-refractivity contribution in [3.8, 4) is 0 Å². The molecule has 2 N–H and O–H groups in total. The van der Waals surface area contributed by atoms with E-state index in [1.54, 1.807) is 31.0 Å². The molecule has 0 fully saturated rings. The third-order valence-electron chi connectivity index (χ3n) is 3.43. The van der Waals surface area contributed by atoms with Crippen LogP contribution in [-0.4, -0.2) is 45.2 Å². The van der Waals surface area contributed by atoms with Gasteiger partial charge in [-0.3, -0.25) is 14.5 Å². The number of hydrogen-bond donors (Lipinski definition) is 2. The minimum Gasteiger partial charge on any atom is -0.480 e. The molecule has 128 valence electrons. The van der Waals surface area contributed by atoms with Crippen LogP contribution in [-0.2, 0) is 17.9 Å². The number of nitrogens with one attached hydrogen (secondary N) is 1. The van der Waals surface area contributed by atoms with Crippen LogP contribution in [0.15, 0.2) is 24.3 Å². The van der Waals surface area contributed by atoms with Gasteiger partial charge in [-0.05, 0) is 31.7 Å². The van der Waals surface area contributed by atoms with Crippen molar-refractivity contribution in [3.05, 3.63) is 45.7 Å². The number of nitrogens with zero attached hydrogens (tertiary/aromatic N) is 3. The SMILES string of the molecule is CC(C(=O)O)N(C)Cc1nnc(C(=O)NCc2ccc(F)cc2)s1.